The van der Waals surface area contributed by atoms with Crippen LogP contribution in [0, 0.1) is 0 Å². The van der Waals surface area contributed by atoms with Crippen molar-refractivity contribution in [3.05, 3.63) is 121 Å². The Morgan fingerprint density at radius 1 is 0.545 bits per heavy atom. The van der Waals surface area contributed by atoms with E-state index >= 15 is 0 Å². The molecule has 0 aliphatic carbocycles. The van der Waals surface area contributed by atoms with Crippen molar-refractivity contribution in [3.63, 3.8) is 0 Å². The highest BCUT2D eigenvalue weighted by molar-refractivity contribution is 5.91. The SMILES string of the molecule is C(=C(c1ccccc1)c1ccccc1)c1ccccc1.C=C. The Labute approximate surface area is 133 Å². The molecule has 0 heterocycles. The van der Waals surface area contributed by atoms with Gasteiger partial charge in [0.25, 0.3) is 0 Å². The van der Waals surface area contributed by atoms with Gasteiger partial charge in [0.2, 0.25) is 0 Å². The van der Waals surface area contributed by atoms with Crippen LogP contribution >= 0.6 is 0 Å². The zero-order chi connectivity index (χ0) is 15.6. The Morgan fingerprint density at radius 3 is 1.32 bits per heavy atom. The molecule has 0 N–H and O–H groups in total. The zero-order valence-electron chi connectivity index (χ0n) is 12.7. The van der Waals surface area contributed by atoms with Gasteiger partial charge in [-0.25, -0.2) is 0 Å². The van der Waals surface area contributed by atoms with E-state index in [1.165, 1.54) is 22.3 Å². The summed E-state index contributed by atoms with van der Waals surface area (Å²) in [6.45, 7) is 6.00. The Bertz CT molecular complexity index is 653. The highest BCUT2D eigenvalue weighted by Gasteiger charge is 2.04. The van der Waals surface area contributed by atoms with Crippen molar-refractivity contribution in [1.29, 1.82) is 0 Å². The minimum absolute atomic E-state index is 1.22. The minimum atomic E-state index is 1.22. The van der Waals surface area contributed by atoms with Crippen LogP contribution in [0.2, 0.25) is 0 Å². The van der Waals surface area contributed by atoms with Crippen LogP contribution in [0.15, 0.2) is 104 Å². The van der Waals surface area contributed by atoms with E-state index in [4.69, 9.17) is 0 Å². The molecule has 3 aromatic rings. The lowest BCUT2D eigenvalue weighted by atomic mass is 9.96. The summed E-state index contributed by atoms with van der Waals surface area (Å²) in [6.07, 6.45) is 2.24. The minimum Gasteiger partial charge on any atom is -0.106 e. The third-order valence-corrected chi connectivity index (χ3v) is 3.28. The molecule has 0 spiro atoms. The maximum atomic E-state index is 3.00. The third-order valence-electron chi connectivity index (χ3n) is 3.28. The van der Waals surface area contributed by atoms with Crippen molar-refractivity contribution in [1.82, 2.24) is 0 Å². The molecule has 0 nitrogen and oxygen atoms in total. The van der Waals surface area contributed by atoms with Gasteiger partial charge in [0.15, 0.2) is 0 Å². The average Bonchev–Trinajstić information content (AvgIpc) is 2.64. The molecule has 0 aliphatic rings. The molecule has 0 atom stereocenters. The van der Waals surface area contributed by atoms with Gasteiger partial charge < -0.3 is 0 Å². The van der Waals surface area contributed by atoms with Crippen LogP contribution < -0.4 is 0 Å². The average molecular weight is 284 g/mol. The van der Waals surface area contributed by atoms with Crippen LogP contribution in [0.1, 0.15) is 16.7 Å². The van der Waals surface area contributed by atoms with E-state index in [1.54, 1.807) is 0 Å². The largest absolute Gasteiger partial charge is 0.106 e. The first-order valence-corrected chi connectivity index (χ1v) is 7.31. The molecule has 108 valence electrons. The van der Waals surface area contributed by atoms with Crippen LogP contribution in [0.25, 0.3) is 11.6 Å². The lowest BCUT2D eigenvalue weighted by Gasteiger charge is -2.08. The van der Waals surface area contributed by atoms with Crippen molar-refractivity contribution in [2.45, 2.75) is 0 Å². The van der Waals surface area contributed by atoms with E-state index in [1.807, 2.05) is 6.07 Å². The molecule has 0 aromatic heterocycles. The van der Waals surface area contributed by atoms with Gasteiger partial charge in [0.1, 0.15) is 0 Å². The van der Waals surface area contributed by atoms with Gasteiger partial charge in [-0.1, -0.05) is 91.0 Å². The van der Waals surface area contributed by atoms with Gasteiger partial charge in [-0.2, -0.15) is 0 Å². The summed E-state index contributed by atoms with van der Waals surface area (Å²) < 4.78 is 0. The van der Waals surface area contributed by atoms with E-state index < -0.39 is 0 Å². The van der Waals surface area contributed by atoms with Gasteiger partial charge in [-0.3, -0.25) is 0 Å². The summed E-state index contributed by atoms with van der Waals surface area (Å²) >= 11 is 0. The summed E-state index contributed by atoms with van der Waals surface area (Å²) in [5, 5.41) is 0. The van der Waals surface area contributed by atoms with Gasteiger partial charge in [-0.05, 0) is 28.3 Å². The van der Waals surface area contributed by atoms with Crippen LogP contribution in [0.5, 0.6) is 0 Å². The second kappa shape index (κ2) is 8.43. The fourth-order valence-electron chi connectivity index (χ4n) is 2.28. The number of hydrogen-bond donors (Lipinski definition) is 0. The Morgan fingerprint density at radius 2 is 0.909 bits per heavy atom. The van der Waals surface area contributed by atoms with Crippen LogP contribution in [-0.4, -0.2) is 0 Å². The van der Waals surface area contributed by atoms with Crippen molar-refractivity contribution < 1.29 is 0 Å². The molecule has 0 amide bonds. The van der Waals surface area contributed by atoms with E-state index in [2.05, 4.69) is 104 Å². The Hall–Kier alpha value is -2.86. The first-order chi connectivity index (χ1) is 10.9. The molecular weight excluding hydrogens is 264 g/mol. The normalized spacial score (nSPS) is 9.27. The monoisotopic (exact) mass is 284 g/mol. The van der Waals surface area contributed by atoms with E-state index in [9.17, 15) is 0 Å². The zero-order valence-corrected chi connectivity index (χ0v) is 12.7. The first-order valence-electron chi connectivity index (χ1n) is 7.31. The maximum absolute atomic E-state index is 3.00. The van der Waals surface area contributed by atoms with Gasteiger partial charge >= 0.3 is 0 Å². The van der Waals surface area contributed by atoms with E-state index in [0.717, 1.165) is 0 Å². The second-order valence-corrected chi connectivity index (χ2v) is 4.70. The van der Waals surface area contributed by atoms with Gasteiger partial charge in [-0.15, -0.1) is 13.2 Å². The highest BCUT2D eigenvalue weighted by Crippen LogP contribution is 2.25. The fourth-order valence-corrected chi connectivity index (χ4v) is 2.28. The quantitative estimate of drug-likeness (QED) is 0.404. The molecule has 22 heavy (non-hydrogen) atoms. The third kappa shape index (κ3) is 4.07. The summed E-state index contributed by atoms with van der Waals surface area (Å²) in [4.78, 5) is 0. The summed E-state index contributed by atoms with van der Waals surface area (Å²) in [5.41, 5.74) is 4.94. The van der Waals surface area contributed by atoms with Crippen LogP contribution in [0.3, 0.4) is 0 Å². The van der Waals surface area contributed by atoms with Crippen molar-refractivity contribution in [2.75, 3.05) is 0 Å². The van der Waals surface area contributed by atoms with Crippen LogP contribution in [0.4, 0.5) is 0 Å². The summed E-state index contributed by atoms with van der Waals surface area (Å²) in [6, 6.07) is 31.5. The maximum Gasteiger partial charge on any atom is -0.0105 e. The number of hydrogen-bond acceptors (Lipinski definition) is 0. The lowest BCUT2D eigenvalue weighted by Crippen LogP contribution is -1.87. The summed E-state index contributed by atoms with van der Waals surface area (Å²) in [5.74, 6) is 0. The van der Waals surface area contributed by atoms with E-state index in [-0.39, 0.29) is 0 Å². The Kier molecular flexibility index (Phi) is 5.95. The number of rotatable bonds is 3. The predicted molar refractivity (Wildman–Crippen MR) is 97.6 cm³/mol. The molecule has 0 saturated carbocycles. The molecule has 0 fully saturated rings. The molecule has 0 aliphatic heterocycles. The lowest BCUT2D eigenvalue weighted by molar-refractivity contribution is 1.55. The molecule has 0 unspecified atom stereocenters. The smallest absolute Gasteiger partial charge is 0.0105 e. The highest BCUT2D eigenvalue weighted by atomic mass is 14.1. The van der Waals surface area contributed by atoms with Crippen LogP contribution in [-0.2, 0) is 0 Å². The van der Waals surface area contributed by atoms with Crippen molar-refractivity contribution in [2.24, 2.45) is 0 Å². The molecule has 0 saturated heterocycles. The first kappa shape index (κ1) is 15.5. The Balaban J connectivity index is 0.000000847. The van der Waals surface area contributed by atoms with Gasteiger partial charge in [0.05, 0.1) is 0 Å². The second-order valence-electron chi connectivity index (χ2n) is 4.70. The number of benzene rings is 3. The standard InChI is InChI=1S/C20H16.C2H4/c1-4-10-17(11-5-1)16-20(18-12-6-2-7-13-18)19-14-8-3-9-15-19;1-2/h1-16H;1-2H2. The molecule has 0 heteroatoms. The fraction of sp³-hybridized carbons (Fsp3) is 0. The van der Waals surface area contributed by atoms with E-state index in [0.29, 0.717) is 0 Å². The van der Waals surface area contributed by atoms with Crippen molar-refractivity contribution >= 4 is 11.6 Å². The molecule has 3 aromatic carbocycles. The predicted octanol–water partition coefficient (Wildman–Crippen LogP) is 6.08. The molecule has 0 radical (unpaired) electrons. The van der Waals surface area contributed by atoms with Crippen molar-refractivity contribution in [3.8, 4) is 0 Å². The molecular formula is C22H20. The molecule has 0 bridgehead atoms. The topological polar surface area (TPSA) is 0 Å². The molecule has 3 rings (SSSR count). The summed E-state index contributed by atoms with van der Waals surface area (Å²) in [7, 11) is 0. The van der Waals surface area contributed by atoms with Gasteiger partial charge in [0, 0.05) is 0 Å².